The van der Waals surface area contributed by atoms with Crippen LogP contribution in [0, 0.1) is 13.8 Å². The van der Waals surface area contributed by atoms with Gasteiger partial charge in [0.25, 0.3) is 0 Å². The number of aromatic nitrogens is 1. The number of fused-ring (bicyclic) bond motifs is 3. The van der Waals surface area contributed by atoms with E-state index in [1.54, 1.807) is 0 Å². The van der Waals surface area contributed by atoms with Gasteiger partial charge in [-0.1, -0.05) is 6.07 Å². The van der Waals surface area contributed by atoms with Crippen LogP contribution < -0.4 is 0 Å². The Bertz CT molecular complexity index is 616. The van der Waals surface area contributed by atoms with E-state index in [4.69, 9.17) is 4.42 Å². The lowest BCUT2D eigenvalue weighted by Crippen LogP contribution is -1.79. The summed E-state index contributed by atoms with van der Waals surface area (Å²) in [6, 6.07) is 6.19. The third kappa shape index (κ3) is 0.803. The fraction of sp³-hybridized carbons (Fsp3) is 0.167. The number of hydrogen-bond donors (Lipinski definition) is 0. The van der Waals surface area contributed by atoms with E-state index in [1.807, 2.05) is 25.4 Å². The zero-order valence-corrected chi connectivity index (χ0v) is 8.24. The van der Waals surface area contributed by atoms with Crippen LogP contribution >= 0.6 is 0 Å². The summed E-state index contributed by atoms with van der Waals surface area (Å²) in [5.74, 6) is 1.02. The van der Waals surface area contributed by atoms with Gasteiger partial charge >= 0.3 is 0 Å². The standard InChI is InChI=1S/C12H11NO/c1-8-9(2)14-11-7-13-6-4-3-5-10(13)12(8)11/h3-7H,1-2H3. The van der Waals surface area contributed by atoms with Crippen molar-refractivity contribution >= 4 is 16.5 Å². The number of nitrogens with zero attached hydrogens (tertiary/aromatic N) is 1. The number of aryl methyl sites for hydroxylation is 2. The summed E-state index contributed by atoms with van der Waals surface area (Å²) in [7, 11) is 0. The van der Waals surface area contributed by atoms with Gasteiger partial charge in [0.05, 0.1) is 11.7 Å². The molecule has 0 aliphatic rings. The lowest BCUT2D eigenvalue weighted by atomic mass is 10.2. The summed E-state index contributed by atoms with van der Waals surface area (Å²) in [5.41, 5.74) is 3.44. The van der Waals surface area contributed by atoms with Crippen molar-refractivity contribution in [2.24, 2.45) is 0 Å². The second-order valence-electron chi connectivity index (χ2n) is 3.64. The van der Waals surface area contributed by atoms with Gasteiger partial charge in [0.2, 0.25) is 0 Å². The second-order valence-corrected chi connectivity index (χ2v) is 3.64. The molecule has 70 valence electrons. The number of pyridine rings is 1. The summed E-state index contributed by atoms with van der Waals surface area (Å²) in [6.07, 6.45) is 4.07. The van der Waals surface area contributed by atoms with Crippen LogP contribution in [0.1, 0.15) is 11.3 Å². The molecule has 0 fully saturated rings. The van der Waals surface area contributed by atoms with E-state index in [-0.39, 0.29) is 0 Å². The summed E-state index contributed by atoms with van der Waals surface area (Å²) in [6.45, 7) is 4.11. The third-order valence-corrected chi connectivity index (χ3v) is 2.82. The normalized spacial score (nSPS) is 11.6. The fourth-order valence-electron chi connectivity index (χ4n) is 1.97. The molecule has 0 aliphatic heterocycles. The summed E-state index contributed by atoms with van der Waals surface area (Å²) < 4.78 is 7.76. The predicted octanol–water partition coefficient (Wildman–Crippen LogP) is 3.30. The van der Waals surface area contributed by atoms with Gasteiger partial charge in [-0.15, -0.1) is 0 Å². The lowest BCUT2D eigenvalue weighted by molar-refractivity contribution is 0.574. The zero-order chi connectivity index (χ0) is 9.71. The molecule has 0 saturated heterocycles. The highest BCUT2D eigenvalue weighted by Gasteiger charge is 2.11. The van der Waals surface area contributed by atoms with E-state index in [9.17, 15) is 0 Å². The summed E-state index contributed by atoms with van der Waals surface area (Å²) in [5, 5.41) is 1.24. The molecule has 0 bridgehead atoms. The van der Waals surface area contributed by atoms with Crippen molar-refractivity contribution in [2.75, 3.05) is 0 Å². The maximum Gasteiger partial charge on any atom is 0.153 e. The van der Waals surface area contributed by atoms with Gasteiger partial charge in [-0.05, 0) is 26.0 Å². The molecule has 2 heteroatoms. The minimum absolute atomic E-state index is 0.978. The molecule has 0 unspecified atom stereocenters. The molecule has 0 radical (unpaired) electrons. The molecule has 0 amide bonds. The number of hydrogen-bond acceptors (Lipinski definition) is 1. The van der Waals surface area contributed by atoms with Crippen LogP contribution in [0.5, 0.6) is 0 Å². The molecule has 0 N–H and O–H groups in total. The second kappa shape index (κ2) is 2.41. The highest BCUT2D eigenvalue weighted by Crippen LogP contribution is 2.29. The van der Waals surface area contributed by atoms with Crippen LogP contribution in [0.4, 0.5) is 0 Å². The summed E-state index contributed by atoms with van der Waals surface area (Å²) in [4.78, 5) is 0. The molecule has 0 atom stereocenters. The molecule has 3 rings (SSSR count). The van der Waals surface area contributed by atoms with E-state index >= 15 is 0 Å². The third-order valence-electron chi connectivity index (χ3n) is 2.82. The van der Waals surface area contributed by atoms with Gasteiger partial charge in [-0.3, -0.25) is 0 Å². The van der Waals surface area contributed by atoms with E-state index in [1.165, 1.54) is 16.5 Å². The quantitative estimate of drug-likeness (QED) is 0.525. The van der Waals surface area contributed by atoms with Crippen LogP contribution in [0.3, 0.4) is 0 Å². The molecule has 14 heavy (non-hydrogen) atoms. The lowest BCUT2D eigenvalue weighted by Gasteiger charge is -1.93. The Labute approximate surface area is 81.8 Å². The molecule has 3 aromatic heterocycles. The van der Waals surface area contributed by atoms with Crippen LogP contribution in [-0.2, 0) is 0 Å². The molecule has 0 saturated carbocycles. The van der Waals surface area contributed by atoms with Crippen molar-refractivity contribution in [2.45, 2.75) is 13.8 Å². The van der Waals surface area contributed by atoms with Gasteiger partial charge < -0.3 is 8.82 Å². The van der Waals surface area contributed by atoms with Crippen molar-refractivity contribution in [1.82, 2.24) is 4.40 Å². The average molecular weight is 185 g/mol. The number of furan rings is 1. The maximum atomic E-state index is 5.66. The van der Waals surface area contributed by atoms with Gasteiger partial charge in [-0.25, -0.2) is 0 Å². The SMILES string of the molecule is Cc1oc2cn3ccccc3c2c1C. The predicted molar refractivity (Wildman–Crippen MR) is 56.6 cm³/mol. The van der Waals surface area contributed by atoms with Gasteiger partial charge in [0, 0.05) is 17.1 Å². The van der Waals surface area contributed by atoms with Crippen LogP contribution in [0.15, 0.2) is 35.0 Å². The molecule has 2 nitrogen and oxygen atoms in total. The Balaban J connectivity index is 2.62. The number of rotatable bonds is 0. The minimum Gasteiger partial charge on any atom is -0.459 e. The average Bonchev–Trinajstić information content (AvgIpc) is 2.65. The zero-order valence-electron chi connectivity index (χ0n) is 8.24. The molecular weight excluding hydrogens is 174 g/mol. The molecule has 3 heterocycles. The Hall–Kier alpha value is -1.70. The van der Waals surface area contributed by atoms with Gasteiger partial charge in [0.15, 0.2) is 5.58 Å². The van der Waals surface area contributed by atoms with Crippen LogP contribution in [-0.4, -0.2) is 4.40 Å². The minimum atomic E-state index is 0.978. The highest BCUT2D eigenvalue weighted by atomic mass is 16.3. The van der Waals surface area contributed by atoms with Gasteiger partial charge in [0.1, 0.15) is 5.76 Å². The monoisotopic (exact) mass is 185 g/mol. The van der Waals surface area contributed by atoms with Crippen molar-refractivity contribution in [3.8, 4) is 0 Å². The molecule has 0 spiro atoms. The Morgan fingerprint density at radius 1 is 1.21 bits per heavy atom. The maximum absolute atomic E-state index is 5.66. The Kier molecular flexibility index (Phi) is 1.32. The van der Waals surface area contributed by atoms with E-state index in [0.29, 0.717) is 0 Å². The Morgan fingerprint density at radius 2 is 2.07 bits per heavy atom. The van der Waals surface area contributed by atoms with Crippen LogP contribution in [0.2, 0.25) is 0 Å². The molecule has 0 aromatic carbocycles. The smallest absolute Gasteiger partial charge is 0.153 e. The summed E-state index contributed by atoms with van der Waals surface area (Å²) >= 11 is 0. The highest BCUT2D eigenvalue weighted by molar-refractivity contribution is 5.97. The first-order chi connectivity index (χ1) is 6.77. The Morgan fingerprint density at radius 3 is 2.93 bits per heavy atom. The van der Waals surface area contributed by atoms with Crippen molar-refractivity contribution in [3.63, 3.8) is 0 Å². The largest absolute Gasteiger partial charge is 0.459 e. The molecular formula is C12H11NO. The van der Waals surface area contributed by atoms with E-state index in [0.717, 1.165) is 11.3 Å². The van der Waals surface area contributed by atoms with Gasteiger partial charge in [-0.2, -0.15) is 0 Å². The first kappa shape index (κ1) is 7.68. The molecule has 0 aliphatic carbocycles. The topological polar surface area (TPSA) is 17.6 Å². The first-order valence-corrected chi connectivity index (χ1v) is 4.73. The molecule has 3 aromatic rings. The van der Waals surface area contributed by atoms with E-state index < -0.39 is 0 Å². The van der Waals surface area contributed by atoms with Crippen LogP contribution in [0.25, 0.3) is 16.5 Å². The first-order valence-electron chi connectivity index (χ1n) is 4.73. The fourth-order valence-corrected chi connectivity index (χ4v) is 1.97. The van der Waals surface area contributed by atoms with E-state index in [2.05, 4.69) is 23.5 Å². The van der Waals surface area contributed by atoms with Crippen molar-refractivity contribution < 1.29 is 4.42 Å². The van der Waals surface area contributed by atoms with Crippen molar-refractivity contribution in [1.29, 1.82) is 0 Å². The van der Waals surface area contributed by atoms with Crippen molar-refractivity contribution in [3.05, 3.63) is 41.9 Å².